The van der Waals surface area contributed by atoms with Crippen LogP contribution in [-0.4, -0.2) is 102 Å². The number of carbonyl (C=O) groups is 4. The fourth-order valence-electron chi connectivity index (χ4n) is 6.80. The number of hydrogen-bond donors (Lipinski definition) is 3. The lowest BCUT2D eigenvalue weighted by Crippen LogP contribution is -2.54. The number of piperidine rings is 2. The van der Waals surface area contributed by atoms with Crippen LogP contribution in [0.3, 0.4) is 0 Å². The summed E-state index contributed by atoms with van der Waals surface area (Å²) in [4.78, 5) is 75.7. The number of carbonyl (C=O) groups excluding carboxylic acids is 4. The van der Waals surface area contributed by atoms with Gasteiger partial charge in [-0.15, -0.1) is 0 Å². The number of likely N-dealkylation sites (N-methyl/N-ethyl adjacent to an activating group) is 1. The third kappa shape index (κ3) is 7.20. The summed E-state index contributed by atoms with van der Waals surface area (Å²) in [5, 5.41) is 9.10. The normalized spacial score (nSPS) is 17.9. The quantitative estimate of drug-likeness (QED) is 0.111. The summed E-state index contributed by atoms with van der Waals surface area (Å²) < 4.78 is 25.7. The number of nitrogens with one attached hydrogen (secondary N) is 3. The van der Waals surface area contributed by atoms with Gasteiger partial charge in [-0.1, -0.05) is 6.07 Å². The number of imide groups is 2. The highest BCUT2D eigenvalue weighted by Gasteiger charge is 2.45. The van der Waals surface area contributed by atoms with Crippen molar-refractivity contribution in [2.24, 2.45) is 0 Å². The fourth-order valence-corrected chi connectivity index (χ4v) is 6.80. The lowest BCUT2D eigenvalue weighted by molar-refractivity contribution is -0.136. The highest BCUT2D eigenvalue weighted by molar-refractivity contribution is 6.25. The minimum Gasteiger partial charge on any atom is -0.423 e. The van der Waals surface area contributed by atoms with Crippen LogP contribution < -0.4 is 26.5 Å². The molecule has 52 heavy (non-hydrogen) atoms. The fraction of sp³-hybridized carbons (Fsp3) is 0.361. The molecule has 270 valence electrons. The highest BCUT2D eigenvalue weighted by Crippen LogP contribution is 2.32. The van der Waals surface area contributed by atoms with Crippen LogP contribution in [0.2, 0.25) is 0 Å². The molecule has 4 aromatic rings. The summed E-state index contributed by atoms with van der Waals surface area (Å²) in [6.45, 7) is 3.35. The molecule has 0 aliphatic carbocycles. The molecule has 1 atom stereocenters. The minimum atomic E-state index is -1.02. The van der Waals surface area contributed by atoms with Crippen molar-refractivity contribution in [3.8, 4) is 0 Å². The van der Waals surface area contributed by atoms with E-state index in [0.29, 0.717) is 73.7 Å². The summed E-state index contributed by atoms with van der Waals surface area (Å²) in [6.07, 6.45) is 3.04. The van der Waals surface area contributed by atoms with E-state index < -0.39 is 41.1 Å². The van der Waals surface area contributed by atoms with Crippen molar-refractivity contribution >= 4 is 57.7 Å². The second-order valence-electron chi connectivity index (χ2n) is 12.9. The van der Waals surface area contributed by atoms with E-state index in [1.165, 1.54) is 6.07 Å². The third-order valence-electron chi connectivity index (χ3n) is 9.60. The Bertz CT molecular complexity index is 2100. The first-order chi connectivity index (χ1) is 25.2. The maximum absolute atomic E-state index is 14.7. The first-order valence-electron chi connectivity index (χ1n) is 17.1. The van der Waals surface area contributed by atoms with Crippen LogP contribution in [0.4, 0.5) is 27.5 Å². The summed E-state index contributed by atoms with van der Waals surface area (Å²) in [6, 6.07) is 12.3. The Morgan fingerprint density at radius 3 is 2.65 bits per heavy atom. The van der Waals surface area contributed by atoms with Gasteiger partial charge < -0.3 is 29.6 Å². The van der Waals surface area contributed by atoms with Crippen molar-refractivity contribution in [1.29, 1.82) is 0 Å². The van der Waals surface area contributed by atoms with E-state index in [2.05, 4.69) is 37.9 Å². The van der Waals surface area contributed by atoms with Gasteiger partial charge in [-0.3, -0.25) is 29.4 Å². The van der Waals surface area contributed by atoms with Crippen molar-refractivity contribution in [2.45, 2.75) is 37.8 Å². The second kappa shape index (κ2) is 14.9. The Labute approximate surface area is 297 Å². The van der Waals surface area contributed by atoms with E-state index in [1.54, 1.807) is 42.5 Å². The van der Waals surface area contributed by atoms with E-state index in [9.17, 15) is 28.4 Å². The number of nitrogens with zero attached hydrogens (tertiary/aromatic N) is 5. The molecule has 3 aliphatic rings. The van der Waals surface area contributed by atoms with Crippen molar-refractivity contribution in [2.75, 3.05) is 62.0 Å². The van der Waals surface area contributed by atoms with E-state index in [1.807, 2.05) is 4.90 Å². The number of hydrogen-bond acceptors (Lipinski definition) is 13. The highest BCUT2D eigenvalue weighted by atomic mass is 19.1. The largest absolute Gasteiger partial charge is 0.423 e. The van der Waals surface area contributed by atoms with Crippen LogP contribution in [-0.2, 0) is 14.3 Å². The van der Waals surface area contributed by atoms with Crippen LogP contribution >= 0.6 is 0 Å². The first-order valence-corrected chi connectivity index (χ1v) is 17.1. The Morgan fingerprint density at radius 2 is 1.85 bits per heavy atom. The Hall–Kier alpha value is -5.74. The van der Waals surface area contributed by atoms with Crippen molar-refractivity contribution < 1.29 is 32.7 Å². The number of fused-ring (bicyclic) bond motifs is 2. The van der Waals surface area contributed by atoms with Crippen molar-refractivity contribution in [1.82, 2.24) is 25.1 Å². The Kier molecular flexibility index (Phi) is 9.91. The molecule has 7 rings (SSSR count). The van der Waals surface area contributed by atoms with E-state index in [4.69, 9.17) is 9.15 Å². The predicted molar refractivity (Wildman–Crippen MR) is 188 cm³/mol. The summed E-state index contributed by atoms with van der Waals surface area (Å²) >= 11 is 0. The molecule has 2 saturated heterocycles. The van der Waals surface area contributed by atoms with Gasteiger partial charge in [0.25, 0.3) is 11.8 Å². The number of amides is 4. The average Bonchev–Trinajstić information content (AvgIpc) is 3.40. The molecule has 3 aliphatic heterocycles. The zero-order valence-corrected chi connectivity index (χ0v) is 28.4. The van der Waals surface area contributed by atoms with Gasteiger partial charge in [0.1, 0.15) is 11.6 Å². The standard InChI is InChI=1S/C36H37FN8O7/c1-43(16-18-51-17-13-38-26-4-2-3-24-31(26)35(50)45(34(24)49)27-7-9-29(46)41-33(27)48)23-11-14-44(15-12-23)36-39-20-25(37)32(42-36)40-22-6-8-28-21(19-22)5-10-30(47)52-28/h2-6,8,10,19-20,23,27,38H,7,9,11-18H2,1H3,(H,39,40,42)(H,41,46,48). The zero-order valence-electron chi connectivity index (χ0n) is 28.4. The van der Waals surface area contributed by atoms with Crippen molar-refractivity contribution in [3.63, 3.8) is 0 Å². The molecule has 0 radical (unpaired) electrons. The molecule has 15 nitrogen and oxygen atoms in total. The molecule has 3 N–H and O–H groups in total. The number of aromatic nitrogens is 2. The van der Waals surface area contributed by atoms with Gasteiger partial charge in [-0.05, 0) is 62.7 Å². The molecule has 0 saturated carbocycles. The lowest BCUT2D eigenvalue weighted by Gasteiger charge is -2.36. The molecular formula is C36H37FN8O7. The van der Waals surface area contributed by atoms with Gasteiger partial charge in [-0.25, -0.2) is 14.2 Å². The van der Waals surface area contributed by atoms with Crippen LogP contribution in [0.15, 0.2) is 63.9 Å². The molecule has 0 bridgehead atoms. The van der Waals surface area contributed by atoms with Crippen LogP contribution in [0.1, 0.15) is 46.4 Å². The topological polar surface area (TPSA) is 179 Å². The molecule has 16 heteroatoms. The summed E-state index contributed by atoms with van der Waals surface area (Å²) in [7, 11) is 2.05. The molecule has 2 fully saturated rings. The second-order valence-corrected chi connectivity index (χ2v) is 12.9. The van der Waals surface area contributed by atoms with Gasteiger partial charge in [0, 0.05) is 61.5 Å². The first kappa shape index (κ1) is 34.7. The SMILES string of the molecule is CN(CCOCCNc1cccc2c1C(=O)N(C1CCC(=O)NC1=O)C2=O)C1CCN(c2ncc(F)c(Nc3ccc4oc(=O)ccc4c3)n2)CC1. The monoisotopic (exact) mass is 712 g/mol. The molecule has 4 amide bonds. The van der Waals surface area contributed by atoms with Crippen molar-refractivity contribution in [3.05, 3.63) is 82.1 Å². The van der Waals surface area contributed by atoms with E-state index in [0.717, 1.165) is 23.9 Å². The smallest absolute Gasteiger partial charge is 0.336 e. The maximum Gasteiger partial charge on any atom is 0.336 e. The van der Waals surface area contributed by atoms with Gasteiger partial charge in [-0.2, -0.15) is 4.98 Å². The Morgan fingerprint density at radius 1 is 1.02 bits per heavy atom. The Balaban J connectivity index is 0.850. The van der Waals surface area contributed by atoms with Gasteiger partial charge in [0.2, 0.25) is 17.8 Å². The number of ether oxygens (including phenoxy) is 1. The molecule has 2 aromatic carbocycles. The zero-order chi connectivity index (χ0) is 36.4. The predicted octanol–water partition coefficient (Wildman–Crippen LogP) is 2.90. The summed E-state index contributed by atoms with van der Waals surface area (Å²) in [5.41, 5.74) is 1.50. The van der Waals surface area contributed by atoms with Crippen LogP contribution in [0.5, 0.6) is 0 Å². The van der Waals surface area contributed by atoms with Crippen LogP contribution in [0.25, 0.3) is 11.0 Å². The average molecular weight is 713 g/mol. The molecule has 2 aromatic heterocycles. The molecule has 0 spiro atoms. The minimum absolute atomic E-state index is 0.0542. The number of halogens is 1. The number of anilines is 4. The van der Waals surface area contributed by atoms with Gasteiger partial charge >= 0.3 is 5.63 Å². The van der Waals surface area contributed by atoms with Gasteiger partial charge in [0.05, 0.1) is 30.5 Å². The van der Waals surface area contributed by atoms with Gasteiger partial charge in [0.15, 0.2) is 11.6 Å². The summed E-state index contributed by atoms with van der Waals surface area (Å²) in [5.74, 6) is -2.27. The maximum atomic E-state index is 14.7. The van der Waals surface area contributed by atoms with E-state index in [-0.39, 0.29) is 29.8 Å². The van der Waals surface area contributed by atoms with Crippen LogP contribution in [0, 0.1) is 5.82 Å². The molecule has 1 unspecified atom stereocenters. The molecular weight excluding hydrogens is 675 g/mol. The lowest BCUT2D eigenvalue weighted by atomic mass is 10.0. The molecule has 5 heterocycles. The number of benzene rings is 2. The number of rotatable bonds is 12. The third-order valence-corrected chi connectivity index (χ3v) is 9.60. The van der Waals surface area contributed by atoms with E-state index >= 15 is 0 Å².